The van der Waals surface area contributed by atoms with E-state index in [1.54, 1.807) is 0 Å². The molecule has 0 saturated heterocycles. The maximum Gasteiger partial charge on any atom is 0.306 e. The Bertz CT molecular complexity index is 580. The summed E-state index contributed by atoms with van der Waals surface area (Å²) in [4.78, 5) is 22.2. The molecule has 2 aliphatic carbocycles. The lowest BCUT2D eigenvalue weighted by molar-refractivity contribution is -0.142. The molecule has 0 spiro atoms. The van der Waals surface area contributed by atoms with Crippen LogP contribution in [0.25, 0.3) is 0 Å². The topological polar surface area (TPSA) is 92.2 Å². The zero-order valence-electron chi connectivity index (χ0n) is 15.9. The second kappa shape index (κ2) is 10.6. The maximum atomic E-state index is 11.9. The lowest BCUT2D eigenvalue weighted by Crippen LogP contribution is -2.20. The number of hydrogen-bond acceptors (Lipinski definition) is 5. The molecule has 1 heterocycles. The lowest BCUT2D eigenvalue weighted by Gasteiger charge is -2.06. The van der Waals surface area contributed by atoms with Crippen LogP contribution in [0.15, 0.2) is 0 Å². The Balaban J connectivity index is 0.000000232. The average molecular weight is 382 g/mol. The van der Waals surface area contributed by atoms with Gasteiger partial charge in [-0.15, -0.1) is 10.2 Å². The number of rotatable bonds is 8. The number of carbonyl (C=O) groups excluding carboxylic acids is 1. The molecule has 0 bridgehead atoms. The summed E-state index contributed by atoms with van der Waals surface area (Å²) in [7, 11) is 0. The molecular formula is C19H31N3O3S. The Labute approximate surface area is 159 Å². The quantitative estimate of drug-likeness (QED) is 0.691. The molecule has 0 radical (unpaired) electrons. The summed E-state index contributed by atoms with van der Waals surface area (Å²) in [5, 5.41) is 21.3. The first-order valence-corrected chi connectivity index (χ1v) is 10.7. The molecule has 6 nitrogen and oxygen atoms in total. The Kier molecular flexibility index (Phi) is 8.48. The molecule has 2 aliphatic rings. The Morgan fingerprint density at radius 2 is 1.88 bits per heavy atom. The maximum absolute atomic E-state index is 11.9. The second-order valence-corrected chi connectivity index (χ2v) is 8.41. The number of carbonyl (C=O) groups is 2. The molecule has 2 saturated carbocycles. The van der Waals surface area contributed by atoms with Crippen molar-refractivity contribution < 1.29 is 14.7 Å². The van der Waals surface area contributed by atoms with Crippen LogP contribution in [-0.4, -0.2) is 27.2 Å². The summed E-state index contributed by atoms with van der Waals surface area (Å²) in [6.07, 6.45) is 10.6. The first-order chi connectivity index (χ1) is 12.5. The number of amides is 1. The number of aromatic nitrogens is 2. The van der Waals surface area contributed by atoms with Gasteiger partial charge in [0.05, 0.1) is 5.92 Å². The zero-order valence-corrected chi connectivity index (χ0v) is 16.7. The standard InChI is InChI=1S/C12H17N3OS.C7H14O2/c16-11(9-3-1-2-4-9)13-12-15-14-10(17-12)7-8-5-6-8;1-3-5-6(4-2)7(8)9/h8-9H,1-7H2,(H,13,15,16);6H,3-5H2,1-2H3,(H,8,9)/t;6-/m.0/s1. The zero-order chi connectivity index (χ0) is 18.9. The van der Waals surface area contributed by atoms with E-state index >= 15 is 0 Å². The highest BCUT2D eigenvalue weighted by atomic mass is 32.1. The van der Waals surface area contributed by atoms with Gasteiger partial charge in [0.15, 0.2) is 0 Å². The van der Waals surface area contributed by atoms with Crippen molar-refractivity contribution in [1.29, 1.82) is 0 Å². The number of aliphatic carboxylic acids is 1. The minimum atomic E-state index is -0.653. The van der Waals surface area contributed by atoms with Crippen molar-refractivity contribution in [3.8, 4) is 0 Å². The SMILES string of the molecule is CCC[C@H](CC)C(=O)O.O=C(Nc1nnc(CC2CC2)s1)C1CCCC1. The molecule has 2 N–H and O–H groups in total. The van der Waals surface area contributed by atoms with Crippen molar-refractivity contribution in [1.82, 2.24) is 10.2 Å². The molecule has 146 valence electrons. The van der Waals surface area contributed by atoms with E-state index in [4.69, 9.17) is 5.11 Å². The van der Waals surface area contributed by atoms with Crippen LogP contribution in [0.1, 0.15) is 76.6 Å². The van der Waals surface area contributed by atoms with Gasteiger partial charge in [0.25, 0.3) is 0 Å². The van der Waals surface area contributed by atoms with Gasteiger partial charge in [-0.1, -0.05) is 44.4 Å². The first-order valence-electron chi connectivity index (χ1n) is 9.89. The number of anilines is 1. The van der Waals surface area contributed by atoms with Crippen LogP contribution in [0, 0.1) is 17.8 Å². The van der Waals surface area contributed by atoms with E-state index in [2.05, 4.69) is 15.5 Å². The van der Waals surface area contributed by atoms with Crippen molar-refractivity contribution in [2.75, 3.05) is 5.32 Å². The van der Waals surface area contributed by atoms with Crippen LogP contribution in [0.2, 0.25) is 0 Å². The summed E-state index contributed by atoms with van der Waals surface area (Å²) >= 11 is 1.53. The van der Waals surface area contributed by atoms with Crippen LogP contribution >= 0.6 is 11.3 Å². The van der Waals surface area contributed by atoms with Gasteiger partial charge in [-0.3, -0.25) is 9.59 Å². The minimum Gasteiger partial charge on any atom is -0.481 e. The Morgan fingerprint density at radius 3 is 2.38 bits per heavy atom. The van der Waals surface area contributed by atoms with Gasteiger partial charge in [-0.2, -0.15) is 0 Å². The minimum absolute atomic E-state index is 0.116. The Hall–Kier alpha value is -1.50. The van der Waals surface area contributed by atoms with Gasteiger partial charge in [-0.25, -0.2) is 0 Å². The van der Waals surface area contributed by atoms with Crippen LogP contribution in [-0.2, 0) is 16.0 Å². The fourth-order valence-corrected chi connectivity index (χ4v) is 4.06. The van der Waals surface area contributed by atoms with E-state index in [-0.39, 0.29) is 17.7 Å². The highest BCUT2D eigenvalue weighted by molar-refractivity contribution is 7.15. The number of nitrogens with one attached hydrogen (secondary N) is 1. The van der Waals surface area contributed by atoms with E-state index in [9.17, 15) is 9.59 Å². The molecule has 1 aromatic rings. The van der Waals surface area contributed by atoms with Gasteiger partial charge in [0.2, 0.25) is 11.0 Å². The normalized spacial score (nSPS) is 18.1. The van der Waals surface area contributed by atoms with Crippen LogP contribution < -0.4 is 5.32 Å². The van der Waals surface area contributed by atoms with Gasteiger partial charge in [0.1, 0.15) is 5.01 Å². The van der Waals surface area contributed by atoms with Crippen LogP contribution in [0.3, 0.4) is 0 Å². The molecule has 0 unspecified atom stereocenters. The summed E-state index contributed by atoms with van der Waals surface area (Å²) in [5.74, 6) is 0.387. The fourth-order valence-electron chi connectivity index (χ4n) is 3.20. The molecule has 0 aromatic carbocycles. The lowest BCUT2D eigenvalue weighted by atomic mass is 10.0. The van der Waals surface area contributed by atoms with Crippen molar-refractivity contribution in [2.45, 2.75) is 78.1 Å². The van der Waals surface area contributed by atoms with Crippen LogP contribution in [0.5, 0.6) is 0 Å². The molecule has 0 aliphatic heterocycles. The van der Waals surface area contributed by atoms with Crippen molar-refractivity contribution in [3.63, 3.8) is 0 Å². The van der Waals surface area contributed by atoms with E-state index in [0.29, 0.717) is 5.13 Å². The smallest absolute Gasteiger partial charge is 0.306 e. The monoisotopic (exact) mass is 381 g/mol. The molecular weight excluding hydrogens is 350 g/mol. The molecule has 1 aromatic heterocycles. The van der Waals surface area contributed by atoms with Crippen molar-refractivity contribution in [3.05, 3.63) is 5.01 Å². The first kappa shape index (κ1) is 20.8. The Morgan fingerprint density at radius 1 is 1.19 bits per heavy atom. The van der Waals surface area contributed by atoms with Gasteiger partial charge in [0, 0.05) is 12.3 Å². The summed E-state index contributed by atoms with van der Waals surface area (Å²) in [6, 6.07) is 0. The van der Waals surface area contributed by atoms with E-state index < -0.39 is 5.97 Å². The predicted molar refractivity (Wildman–Crippen MR) is 103 cm³/mol. The largest absolute Gasteiger partial charge is 0.481 e. The number of nitrogens with zero attached hydrogens (tertiary/aromatic N) is 2. The molecule has 1 atom stereocenters. The van der Waals surface area contributed by atoms with E-state index in [1.165, 1.54) is 37.0 Å². The number of carboxylic acid groups (broad SMARTS) is 1. The van der Waals surface area contributed by atoms with Crippen molar-refractivity contribution in [2.24, 2.45) is 17.8 Å². The highest BCUT2D eigenvalue weighted by Gasteiger charge is 2.25. The third-order valence-electron chi connectivity index (χ3n) is 5.06. The summed E-state index contributed by atoms with van der Waals surface area (Å²) < 4.78 is 0. The summed E-state index contributed by atoms with van der Waals surface area (Å²) in [6.45, 7) is 3.92. The molecule has 26 heavy (non-hydrogen) atoms. The predicted octanol–water partition coefficient (Wildman–Crippen LogP) is 4.52. The van der Waals surface area contributed by atoms with Gasteiger partial charge < -0.3 is 10.4 Å². The number of hydrogen-bond donors (Lipinski definition) is 2. The third-order valence-corrected chi connectivity index (χ3v) is 5.92. The molecule has 7 heteroatoms. The van der Waals surface area contributed by atoms with Gasteiger partial charge in [-0.05, 0) is 44.4 Å². The average Bonchev–Trinajstić information content (AvgIpc) is 3.09. The fraction of sp³-hybridized carbons (Fsp3) is 0.789. The van der Waals surface area contributed by atoms with Gasteiger partial charge >= 0.3 is 5.97 Å². The molecule has 3 rings (SSSR count). The second-order valence-electron chi connectivity index (χ2n) is 7.35. The number of carboxylic acids is 1. The molecule has 1 amide bonds. The summed E-state index contributed by atoms with van der Waals surface area (Å²) in [5.41, 5.74) is 0. The third kappa shape index (κ3) is 7.02. The highest BCUT2D eigenvalue weighted by Crippen LogP contribution is 2.34. The van der Waals surface area contributed by atoms with E-state index in [1.807, 2.05) is 13.8 Å². The van der Waals surface area contributed by atoms with Crippen molar-refractivity contribution >= 4 is 28.3 Å². The van der Waals surface area contributed by atoms with Crippen LogP contribution in [0.4, 0.5) is 5.13 Å². The molecule has 2 fully saturated rings. The van der Waals surface area contributed by atoms with E-state index in [0.717, 1.165) is 49.5 Å².